The summed E-state index contributed by atoms with van der Waals surface area (Å²) in [5, 5.41) is 0. The Morgan fingerprint density at radius 2 is 1.07 bits per heavy atom. The Morgan fingerprint density at radius 3 is 1.37 bits per heavy atom. The average Bonchev–Trinajstić information content (AvgIpc) is 2.70. The Kier molecular flexibility index (Phi) is 17.0. The van der Waals surface area contributed by atoms with Crippen LogP contribution in [0.1, 0.15) is 45.7 Å². The highest BCUT2D eigenvalue weighted by molar-refractivity contribution is 8.02. The third-order valence-electron chi connectivity index (χ3n) is 3.45. The molecular weight excluding hydrogens is 404 g/mol. The van der Waals surface area contributed by atoms with Crippen LogP contribution in [0.5, 0.6) is 0 Å². The Hall–Kier alpha value is -3.37. The molecule has 0 bridgehead atoms. The largest absolute Gasteiger partial charge is 0.373 e. The van der Waals surface area contributed by atoms with Gasteiger partial charge in [-0.05, 0) is 44.9 Å². The minimum Gasteiger partial charge on any atom is -0.295 e. The molecule has 0 saturated carbocycles. The highest BCUT2D eigenvalue weighted by atomic mass is 32.2. The maximum atomic E-state index is 11.6. The fraction of sp³-hybridized carbons (Fsp3) is 0.217. The predicted molar refractivity (Wildman–Crippen MR) is 114 cm³/mol. The van der Waals surface area contributed by atoms with Crippen molar-refractivity contribution in [1.82, 2.24) is 0 Å². The number of hydrogen-bond donors (Lipinski definition) is 0. The van der Waals surface area contributed by atoms with Gasteiger partial charge in [-0.2, -0.15) is 19.2 Å². The molecule has 0 heterocycles. The number of rotatable bonds is 4. The molecule has 0 aromatic heterocycles. The summed E-state index contributed by atoms with van der Waals surface area (Å²) < 4.78 is 0. The van der Waals surface area contributed by atoms with E-state index >= 15 is 0 Å². The number of carbonyl (C=O) groups excluding carboxylic acids is 6. The van der Waals surface area contributed by atoms with E-state index < -0.39 is 0 Å². The number of thioether (sulfide) groups is 1. The number of aryl methyl sites for hydroxylation is 2. The second kappa shape index (κ2) is 17.7. The zero-order valence-corrected chi connectivity index (χ0v) is 18.4. The number of ketones is 2. The van der Waals surface area contributed by atoms with Gasteiger partial charge in [0.05, 0.1) is 0 Å². The number of carbonyl (C=O) groups is 2. The van der Waals surface area contributed by atoms with Gasteiger partial charge in [-0.15, -0.1) is 11.8 Å². The first-order valence-electron chi connectivity index (χ1n) is 8.56. The first-order chi connectivity index (χ1) is 14.2. The molecule has 2 rings (SSSR count). The lowest BCUT2D eigenvalue weighted by atomic mass is 10.1. The average molecular weight is 429 g/mol. The third-order valence-corrected chi connectivity index (χ3v) is 4.21. The monoisotopic (exact) mass is 428 g/mol. The van der Waals surface area contributed by atoms with Crippen LogP contribution in [-0.4, -0.2) is 30.1 Å². The molecule has 0 aliphatic carbocycles. The molecule has 2 aromatic carbocycles. The third kappa shape index (κ3) is 14.7. The van der Waals surface area contributed by atoms with Crippen molar-refractivity contribution in [2.24, 2.45) is 0 Å². The molecule has 0 spiro atoms. The smallest absolute Gasteiger partial charge is 0.295 e. The first-order valence-corrected chi connectivity index (χ1v) is 9.78. The molecule has 30 heavy (non-hydrogen) atoms. The Bertz CT molecular complexity index is 872. The van der Waals surface area contributed by atoms with Gasteiger partial charge < -0.3 is 0 Å². The van der Waals surface area contributed by atoms with Gasteiger partial charge in [0.25, 0.3) is 0 Å². The molecule has 0 aliphatic rings. The second-order valence-corrected chi connectivity index (χ2v) is 6.83. The van der Waals surface area contributed by atoms with Crippen molar-refractivity contribution in [2.75, 3.05) is 6.26 Å². The molecule has 0 N–H and O–H groups in total. The molecule has 0 amide bonds. The maximum absolute atomic E-state index is 11.6. The minimum atomic E-state index is 0.0804. The second-order valence-electron chi connectivity index (χ2n) is 5.78. The van der Waals surface area contributed by atoms with Crippen molar-refractivity contribution in [3.8, 4) is 0 Å². The van der Waals surface area contributed by atoms with E-state index in [9.17, 15) is 9.59 Å². The molecule has 158 valence electrons. The zero-order chi connectivity index (χ0) is 23.5. The van der Waals surface area contributed by atoms with Crippen LogP contribution in [-0.2, 0) is 19.2 Å². The van der Waals surface area contributed by atoms with E-state index in [1.165, 1.54) is 11.1 Å². The van der Waals surface area contributed by atoms with E-state index in [1.54, 1.807) is 24.8 Å². The number of allylic oxidation sites excluding steroid dienone is 2. The molecule has 6 nitrogen and oxygen atoms in total. The fourth-order valence-corrected chi connectivity index (χ4v) is 2.06. The van der Waals surface area contributed by atoms with Gasteiger partial charge in [0.2, 0.25) is 0 Å². The molecule has 2 aromatic rings. The maximum Gasteiger partial charge on any atom is 0.373 e. The van der Waals surface area contributed by atoms with Crippen molar-refractivity contribution >= 4 is 35.6 Å². The number of Topliss-reactive ketones (excluding diaryl/α,β-unsaturated/α-hetero) is 1. The highest BCUT2D eigenvalue weighted by Crippen LogP contribution is 2.12. The minimum absolute atomic E-state index is 0.0804. The summed E-state index contributed by atoms with van der Waals surface area (Å²) in [4.78, 5) is 55.9. The summed E-state index contributed by atoms with van der Waals surface area (Å²) in [6.45, 7) is 7.53. The lowest BCUT2D eigenvalue weighted by Gasteiger charge is -1.98. The van der Waals surface area contributed by atoms with Crippen LogP contribution in [0.15, 0.2) is 59.5 Å². The van der Waals surface area contributed by atoms with Crippen molar-refractivity contribution in [1.29, 1.82) is 0 Å². The summed E-state index contributed by atoms with van der Waals surface area (Å²) in [5.41, 5.74) is 3.90. The lowest BCUT2D eigenvalue weighted by Crippen LogP contribution is -1.94. The van der Waals surface area contributed by atoms with Gasteiger partial charge in [0.15, 0.2) is 11.6 Å². The standard InChI is InChI=1S/C12H14OS.C9H10O.2CO2/c1-9-4-6-11(7-5-9)12(13)8-10(2)14-3;1-7-3-5-9(6-4-7)8(2)10;2*2-1-3/h4-8H,1-3H3;3-6H,1-2H3;;/b10-8-;;;. The molecule has 7 heteroatoms. The van der Waals surface area contributed by atoms with E-state index in [1.807, 2.05) is 75.6 Å². The summed E-state index contributed by atoms with van der Waals surface area (Å²) in [7, 11) is 0. The van der Waals surface area contributed by atoms with Crippen molar-refractivity contribution in [3.05, 3.63) is 81.8 Å². The van der Waals surface area contributed by atoms with Gasteiger partial charge in [-0.1, -0.05) is 59.7 Å². The van der Waals surface area contributed by atoms with Crippen LogP contribution in [0.25, 0.3) is 0 Å². The van der Waals surface area contributed by atoms with Crippen molar-refractivity contribution in [3.63, 3.8) is 0 Å². The molecule has 0 unspecified atom stereocenters. The van der Waals surface area contributed by atoms with Gasteiger partial charge in [-0.3, -0.25) is 9.59 Å². The van der Waals surface area contributed by atoms with E-state index in [2.05, 4.69) is 0 Å². The molecule has 0 atom stereocenters. The first kappa shape index (κ1) is 28.8. The van der Waals surface area contributed by atoms with Crippen molar-refractivity contribution < 1.29 is 28.8 Å². The highest BCUT2D eigenvalue weighted by Gasteiger charge is 2.01. The van der Waals surface area contributed by atoms with Gasteiger partial charge in [-0.25, -0.2) is 0 Å². The molecule has 0 fully saturated rings. The summed E-state index contributed by atoms with van der Waals surface area (Å²) in [6.07, 6.45) is 4.14. The Labute approximate surface area is 180 Å². The fourth-order valence-electron chi connectivity index (χ4n) is 1.83. The van der Waals surface area contributed by atoms with Crippen LogP contribution < -0.4 is 0 Å². The zero-order valence-electron chi connectivity index (χ0n) is 17.6. The molecule has 0 saturated heterocycles. The lowest BCUT2D eigenvalue weighted by molar-refractivity contribution is -0.193. The van der Waals surface area contributed by atoms with Crippen LogP contribution in [0.2, 0.25) is 0 Å². The van der Waals surface area contributed by atoms with Gasteiger partial charge in [0.1, 0.15) is 0 Å². The normalized spacial score (nSPS) is 9.03. The van der Waals surface area contributed by atoms with Gasteiger partial charge in [0, 0.05) is 11.1 Å². The molecular formula is C23H24O6S. The van der Waals surface area contributed by atoms with Crippen LogP contribution in [0.3, 0.4) is 0 Å². The van der Waals surface area contributed by atoms with Crippen LogP contribution in [0, 0.1) is 13.8 Å². The SMILES string of the molecule is CC(=O)c1ccc(C)cc1.CS/C(C)=C\C(=O)c1ccc(C)cc1.O=C=O.O=C=O. The van der Waals surface area contributed by atoms with E-state index in [0.717, 1.165) is 16.0 Å². The Morgan fingerprint density at radius 1 is 0.733 bits per heavy atom. The quantitative estimate of drug-likeness (QED) is 0.523. The van der Waals surface area contributed by atoms with E-state index in [4.69, 9.17) is 19.2 Å². The molecule has 0 aliphatic heterocycles. The number of benzene rings is 2. The van der Waals surface area contributed by atoms with Crippen molar-refractivity contribution in [2.45, 2.75) is 27.7 Å². The molecule has 0 radical (unpaired) electrons. The summed E-state index contributed by atoms with van der Waals surface area (Å²) in [6, 6.07) is 15.2. The van der Waals surface area contributed by atoms with Crippen LogP contribution in [0.4, 0.5) is 0 Å². The summed E-state index contributed by atoms with van der Waals surface area (Å²) in [5.74, 6) is 0.205. The van der Waals surface area contributed by atoms with Crippen LogP contribution >= 0.6 is 11.8 Å². The topological polar surface area (TPSA) is 102 Å². The Balaban J connectivity index is 0. The van der Waals surface area contributed by atoms with E-state index in [-0.39, 0.29) is 23.9 Å². The summed E-state index contributed by atoms with van der Waals surface area (Å²) >= 11 is 1.59. The predicted octanol–water partition coefficient (Wildman–Crippen LogP) is 4.48. The number of hydrogen-bond acceptors (Lipinski definition) is 7. The van der Waals surface area contributed by atoms with Gasteiger partial charge >= 0.3 is 12.3 Å². The van der Waals surface area contributed by atoms with E-state index in [0.29, 0.717) is 0 Å².